The second kappa shape index (κ2) is 33.6. The first-order valence-corrected chi connectivity index (χ1v) is 23.5. The largest absolute Gasteiger partial charge is 0.397 e. The summed E-state index contributed by atoms with van der Waals surface area (Å²) >= 11 is 0. The van der Waals surface area contributed by atoms with Gasteiger partial charge in [-0.3, -0.25) is 9.35 Å². The van der Waals surface area contributed by atoms with Crippen molar-refractivity contribution in [2.75, 3.05) is 13.2 Å². The van der Waals surface area contributed by atoms with E-state index in [0.717, 1.165) is 64.2 Å². The first kappa shape index (κ1) is 52.8. The number of carbonyl (C=O) groups is 1. The monoisotopic (exact) mass is 824 g/mol. The molecule has 56 heavy (non-hydrogen) atoms. The minimum Gasteiger partial charge on any atom is -0.394 e. The molecule has 1 heterocycles. The van der Waals surface area contributed by atoms with Crippen molar-refractivity contribution in [1.29, 1.82) is 0 Å². The molecule has 1 saturated heterocycles. The summed E-state index contributed by atoms with van der Waals surface area (Å²) in [4.78, 5) is 13.0. The van der Waals surface area contributed by atoms with E-state index in [0.29, 0.717) is 19.3 Å². The predicted octanol–water partition coefficient (Wildman–Crippen LogP) is 6.97. The van der Waals surface area contributed by atoms with Gasteiger partial charge in [-0.25, -0.2) is 4.18 Å². The number of hydrogen-bond donors (Lipinski definition) is 7. The van der Waals surface area contributed by atoms with Crippen LogP contribution in [0.1, 0.15) is 187 Å². The molecular weight excluding hydrogens is 743 g/mol. The van der Waals surface area contributed by atoms with Gasteiger partial charge in [0.15, 0.2) is 6.29 Å². The Morgan fingerprint density at radius 1 is 0.696 bits per heavy atom. The summed E-state index contributed by atoms with van der Waals surface area (Å²) in [6.07, 6.45) is 23.4. The zero-order valence-electron chi connectivity index (χ0n) is 34.8. The maximum Gasteiger partial charge on any atom is 0.397 e. The lowest BCUT2D eigenvalue weighted by Crippen LogP contribution is -2.61. The number of aliphatic hydroxyl groups is 5. The Labute approximate surface area is 339 Å². The fraction of sp³-hybridized carbons (Fsp3) is 0.929. The molecular formula is C42H81NO12S. The van der Waals surface area contributed by atoms with Crippen LogP contribution in [0.15, 0.2) is 12.2 Å². The number of nitrogens with one attached hydrogen (secondary N) is 1. The molecule has 0 aromatic carbocycles. The average Bonchev–Trinajstić information content (AvgIpc) is 3.16. The first-order chi connectivity index (χ1) is 26.9. The lowest BCUT2D eigenvalue weighted by atomic mass is 9.99. The van der Waals surface area contributed by atoms with Gasteiger partial charge in [0.2, 0.25) is 5.91 Å². The van der Waals surface area contributed by atoms with Crippen LogP contribution >= 0.6 is 0 Å². The van der Waals surface area contributed by atoms with E-state index in [-0.39, 0.29) is 6.42 Å². The van der Waals surface area contributed by atoms with Crippen LogP contribution in [0.5, 0.6) is 0 Å². The number of rotatable bonds is 37. The van der Waals surface area contributed by atoms with Gasteiger partial charge in [-0.15, -0.1) is 0 Å². The summed E-state index contributed by atoms with van der Waals surface area (Å²) in [6, 6.07) is -1.03. The van der Waals surface area contributed by atoms with Crippen LogP contribution in [0, 0.1) is 0 Å². The Hall–Kier alpha value is -1.20. The van der Waals surface area contributed by atoms with Crippen molar-refractivity contribution >= 4 is 16.3 Å². The number of allylic oxidation sites excluding steroid dienone is 2. The number of aliphatic hydroxyl groups excluding tert-OH is 5. The Kier molecular flexibility index (Phi) is 31.7. The van der Waals surface area contributed by atoms with Crippen molar-refractivity contribution in [1.82, 2.24) is 5.32 Å². The lowest BCUT2D eigenvalue weighted by Gasteiger charge is -2.41. The highest BCUT2D eigenvalue weighted by molar-refractivity contribution is 7.80. The summed E-state index contributed by atoms with van der Waals surface area (Å²) in [6.45, 7) is 3.15. The fourth-order valence-electron chi connectivity index (χ4n) is 7.11. The number of carbonyl (C=O) groups excluding carboxylic acids is 1. The van der Waals surface area contributed by atoms with Crippen molar-refractivity contribution in [3.05, 3.63) is 12.2 Å². The van der Waals surface area contributed by atoms with E-state index in [2.05, 4.69) is 35.5 Å². The molecule has 332 valence electrons. The maximum atomic E-state index is 13.0. The van der Waals surface area contributed by atoms with Gasteiger partial charge in [-0.2, -0.15) is 8.42 Å². The SMILES string of the molecule is CCCCCCCCCCCCCC/C=C\CCCCCCCCC(O)C(=O)NC(COC1OC(CO)C(O)C(OS(=O)(=O)O)C1O)C(O)CCCCCCC. The summed E-state index contributed by atoms with van der Waals surface area (Å²) in [5.74, 6) is -0.680. The molecule has 1 fully saturated rings. The number of hydrogen-bond acceptors (Lipinski definition) is 11. The second-order valence-electron chi connectivity index (χ2n) is 15.8. The first-order valence-electron chi connectivity index (χ1n) is 22.2. The predicted molar refractivity (Wildman–Crippen MR) is 219 cm³/mol. The van der Waals surface area contributed by atoms with Crippen LogP contribution in [-0.4, -0.2) is 107 Å². The van der Waals surface area contributed by atoms with Crippen LogP contribution in [-0.2, 0) is 28.9 Å². The maximum absolute atomic E-state index is 13.0. The van der Waals surface area contributed by atoms with Crippen molar-refractivity contribution in [3.8, 4) is 0 Å². The number of unbranched alkanes of at least 4 members (excludes halogenated alkanes) is 22. The van der Waals surface area contributed by atoms with Crippen molar-refractivity contribution in [2.45, 2.75) is 236 Å². The third-order valence-electron chi connectivity index (χ3n) is 10.7. The number of amides is 1. The summed E-state index contributed by atoms with van der Waals surface area (Å²) in [5, 5.41) is 54.8. The molecule has 1 rings (SSSR count). The highest BCUT2D eigenvalue weighted by Gasteiger charge is 2.48. The molecule has 0 aromatic rings. The molecule has 0 aromatic heterocycles. The van der Waals surface area contributed by atoms with Crippen LogP contribution < -0.4 is 5.32 Å². The molecule has 0 radical (unpaired) electrons. The van der Waals surface area contributed by atoms with Gasteiger partial charge in [0.05, 0.1) is 25.4 Å². The molecule has 0 spiro atoms. The normalized spacial score (nSPS) is 22.0. The third kappa shape index (κ3) is 26.0. The Bertz CT molecular complexity index is 1080. The Morgan fingerprint density at radius 2 is 1.14 bits per heavy atom. The van der Waals surface area contributed by atoms with Crippen LogP contribution in [0.4, 0.5) is 0 Å². The van der Waals surface area contributed by atoms with Gasteiger partial charge >= 0.3 is 10.4 Å². The van der Waals surface area contributed by atoms with Crippen molar-refractivity contribution in [2.24, 2.45) is 0 Å². The standard InChI is InChI=1S/C42H81NO12S/c1-3-5-7-9-10-11-12-13-14-15-16-17-18-19-20-21-22-23-24-25-27-29-31-36(46)41(49)43-34(35(45)30-28-26-8-6-4-2)33-53-42-39(48)40(55-56(50,51)52)38(47)37(32-44)54-42/h19-20,34-40,42,44-48H,3-18,21-33H2,1-2H3,(H,43,49)(H,50,51,52)/b20-19-. The highest BCUT2D eigenvalue weighted by atomic mass is 32.3. The zero-order chi connectivity index (χ0) is 41.4. The van der Waals surface area contributed by atoms with E-state index in [1.54, 1.807) is 0 Å². The molecule has 0 saturated carbocycles. The van der Waals surface area contributed by atoms with Gasteiger partial charge in [0.25, 0.3) is 0 Å². The van der Waals surface area contributed by atoms with E-state index in [1.807, 2.05) is 0 Å². The van der Waals surface area contributed by atoms with E-state index in [4.69, 9.17) is 14.0 Å². The molecule has 14 heteroatoms. The van der Waals surface area contributed by atoms with Crippen molar-refractivity contribution < 1.29 is 57.0 Å². The number of ether oxygens (including phenoxy) is 2. The minimum atomic E-state index is -5.10. The molecule has 8 unspecified atom stereocenters. The summed E-state index contributed by atoms with van der Waals surface area (Å²) < 4.78 is 47.2. The molecule has 0 bridgehead atoms. The smallest absolute Gasteiger partial charge is 0.394 e. The molecule has 1 aliphatic rings. The fourth-order valence-corrected chi connectivity index (χ4v) is 7.61. The van der Waals surface area contributed by atoms with Gasteiger partial charge in [-0.05, 0) is 38.5 Å². The van der Waals surface area contributed by atoms with E-state index >= 15 is 0 Å². The molecule has 7 N–H and O–H groups in total. The van der Waals surface area contributed by atoms with Crippen LogP contribution in [0.2, 0.25) is 0 Å². The Morgan fingerprint density at radius 3 is 1.61 bits per heavy atom. The third-order valence-corrected chi connectivity index (χ3v) is 11.1. The van der Waals surface area contributed by atoms with Crippen molar-refractivity contribution in [3.63, 3.8) is 0 Å². The quantitative estimate of drug-likeness (QED) is 0.0192. The van der Waals surface area contributed by atoms with E-state index < -0.39 is 78.5 Å². The molecule has 8 atom stereocenters. The van der Waals surface area contributed by atoms with Gasteiger partial charge in [0.1, 0.15) is 30.5 Å². The van der Waals surface area contributed by atoms with E-state index in [9.17, 15) is 38.7 Å². The Balaban J connectivity index is 2.36. The molecule has 1 aliphatic heterocycles. The van der Waals surface area contributed by atoms with E-state index in [1.165, 1.54) is 83.5 Å². The highest BCUT2D eigenvalue weighted by Crippen LogP contribution is 2.26. The van der Waals surface area contributed by atoms with Crippen LogP contribution in [0.25, 0.3) is 0 Å². The molecule has 1 amide bonds. The summed E-state index contributed by atoms with van der Waals surface area (Å²) in [7, 11) is -5.10. The van der Waals surface area contributed by atoms with Gasteiger partial charge < -0.3 is 40.3 Å². The van der Waals surface area contributed by atoms with Crippen LogP contribution in [0.3, 0.4) is 0 Å². The molecule has 0 aliphatic carbocycles. The van der Waals surface area contributed by atoms with Gasteiger partial charge in [-0.1, -0.05) is 161 Å². The average molecular weight is 824 g/mol. The molecule has 13 nitrogen and oxygen atoms in total. The zero-order valence-corrected chi connectivity index (χ0v) is 35.6. The summed E-state index contributed by atoms with van der Waals surface area (Å²) in [5.41, 5.74) is 0. The second-order valence-corrected chi connectivity index (χ2v) is 16.8. The van der Waals surface area contributed by atoms with Gasteiger partial charge in [0, 0.05) is 0 Å². The lowest BCUT2D eigenvalue weighted by molar-refractivity contribution is -0.298. The topological polar surface area (TPSA) is 212 Å². The minimum absolute atomic E-state index is 0.254.